The number of ether oxygens (including phenoxy) is 2. The number of esters is 2. The molecule has 0 aliphatic heterocycles. The second kappa shape index (κ2) is 29.9. The van der Waals surface area contributed by atoms with E-state index in [0.717, 1.165) is 35.1 Å². The molecule has 41 heavy (non-hydrogen) atoms. The zero-order chi connectivity index (χ0) is 29.2. The van der Waals surface area contributed by atoms with Crippen molar-refractivity contribution in [3.8, 4) is 0 Å². The van der Waals surface area contributed by atoms with Crippen LogP contribution in [0.25, 0.3) is 0 Å². The molecule has 248 valence electrons. The average Bonchev–Trinajstić information content (AvgIpc) is 2.87. The van der Waals surface area contributed by atoms with Gasteiger partial charge >= 0.3 is 11.9 Å². The molecule has 0 N–H and O–H groups in total. The van der Waals surface area contributed by atoms with Crippen molar-refractivity contribution in [1.29, 1.82) is 0 Å². The third-order valence-electron chi connectivity index (χ3n) is 7.92. The first kappa shape index (κ1) is 45.3. The Bertz CT molecular complexity index is 554. The van der Waals surface area contributed by atoms with E-state index >= 15 is 0 Å². The fourth-order valence-corrected chi connectivity index (χ4v) is 4.91. The van der Waals surface area contributed by atoms with Crippen molar-refractivity contribution in [2.24, 2.45) is 0 Å². The summed E-state index contributed by atoms with van der Waals surface area (Å²) in [6.07, 6.45) is 22.3. The molecule has 0 bridgehead atoms. The van der Waals surface area contributed by atoms with Gasteiger partial charge in [0, 0.05) is 12.8 Å². The third kappa shape index (κ3) is 32.6. The van der Waals surface area contributed by atoms with Gasteiger partial charge in [-0.25, -0.2) is 0 Å². The van der Waals surface area contributed by atoms with Gasteiger partial charge in [-0.15, -0.1) is 0 Å². The molecule has 0 fully saturated rings. The summed E-state index contributed by atoms with van der Waals surface area (Å²) >= 11 is 0. The average molecular weight is 717 g/mol. The summed E-state index contributed by atoms with van der Waals surface area (Å²) in [7, 11) is 8.84. The van der Waals surface area contributed by atoms with E-state index in [0.29, 0.717) is 19.6 Å². The first-order chi connectivity index (χ1) is 18.6. The Morgan fingerprint density at radius 2 is 0.732 bits per heavy atom. The van der Waals surface area contributed by atoms with Crippen LogP contribution in [0.1, 0.15) is 136 Å². The van der Waals surface area contributed by atoms with Crippen LogP contribution in [0.15, 0.2) is 0 Å². The number of carbonyl (C=O) groups is 2. The second-order valence-corrected chi connectivity index (χ2v) is 13.0. The standard InChI is InChI=1S/C33H68N2O4.2BrH/c1-7-9-11-13-15-17-19-21-26-34(3,4)28-30-38-32(36)24-23-25-33(37)39-31-29-35(5,6)27-22-20-18-16-14-12-10-8-2;;/h7-31H2,1-6H3;2*1H/q+2;;/p-2. The highest BCUT2D eigenvalue weighted by atomic mass is 79.9. The van der Waals surface area contributed by atoms with Crippen LogP contribution in [0.5, 0.6) is 0 Å². The van der Waals surface area contributed by atoms with Crippen molar-refractivity contribution in [3.05, 3.63) is 0 Å². The largest absolute Gasteiger partial charge is 1.00 e. The lowest BCUT2D eigenvalue weighted by molar-refractivity contribution is -0.890. The van der Waals surface area contributed by atoms with Crippen LogP contribution in [0.3, 0.4) is 0 Å². The van der Waals surface area contributed by atoms with Gasteiger partial charge in [0.05, 0.1) is 41.3 Å². The molecule has 0 saturated carbocycles. The molecule has 0 aromatic heterocycles. The Morgan fingerprint density at radius 1 is 0.439 bits per heavy atom. The van der Waals surface area contributed by atoms with Gasteiger partial charge in [-0.05, 0) is 32.1 Å². The van der Waals surface area contributed by atoms with Crippen LogP contribution in [-0.4, -0.2) is 88.5 Å². The molecule has 0 amide bonds. The number of likely N-dealkylation sites (N-methyl/N-ethyl adjacent to an activating group) is 2. The van der Waals surface area contributed by atoms with Crippen LogP contribution in [0.2, 0.25) is 0 Å². The Labute approximate surface area is 276 Å². The van der Waals surface area contributed by atoms with E-state index in [1.165, 1.54) is 103 Å². The van der Waals surface area contributed by atoms with E-state index in [1.807, 2.05) is 0 Å². The molecule has 0 spiro atoms. The predicted octanol–water partition coefficient (Wildman–Crippen LogP) is 1.69. The first-order valence-electron chi connectivity index (χ1n) is 16.6. The van der Waals surface area contributed by atoms with Crippen molar-refractivity contribution >= 4 is 11.9 Å². The van der Waals surface area contributed by atoms with E-state index in [4.69, 9.17) is 9.47 Å². The van der Waals surface area contributed by atoms with Crippen molar-refractivity contribution in [3.63, 3.8) is 0 Å². The molecular weight excluding hydrogens is 648 g/mol. The van der Waals surface area contributed by atoms with E-state index in [-0.39, 0.29) is 58.7 Å². The minimum absolute atomic E-state index is 0. The molecule has 0 aliphatic carbocycles. The zero-order valence-corrected chi connectivity index (χ0v) is 31.1. The number of carbonyl (C=O) groups excluding carboxylic acids is 2. The fraction of sp³-hybridized carbons (Fsp3) is 0.939. The minimum atomic E-state index is -0.210. The minimum Gasteiger partial charge on any atom is -1.00 e. The summed E-state index contributed by atoms with van der Waals surface area (Å²) in [6, 6.07) is 0. The lowest BCUT2D eigenvalue weighted by Crippen LogP contribution is -3.00. The summed E-state index contributed by atoms with van der Waals surface area (Å²) in [5, 5.41) is 0. The molecule has 0 aliphatic rings. The summed E-state index contributed by atoms with van der Waals surface area (Å²) in [6.45, 7) is 9.30. The molecule has 6 nitrogen and oxygen atoms in total. The molecule has 0 rings (SSSR count). The molecule has 8 heteroatoms. The lowest BCUT2D eigenvalue weighted by Gasteiger charge is -2.29. The number of unbranched alkanes of at least 4 members (excludes halogenated alkanes) is 14. The van der Waals surface area contributed by atoms with E-state index in [9.17, 15) is 9.59 Å². The van der Waals surface area contributed by atoms with Gasteiger partial charge in [0.2, 0.25) is 0 Å². The van der Waals surface area contributed by atoms with Crippen molar-refractivity contribution in [1.82, 2.24) is 0 Å². The molecule has 0 radical (unpaired) electrons. The van der Waals surface area contributed by atoms with Gasteiger partial charge in [-0.3, -0.25) is 9.59 Å². The number of quaternary nitrogens is 2. The highest BCUT2D eigenvalue weighted by molar-refractivity contribution is 5.72. The molecule has 0 aromatic rings. The highest BCUT2D eigenvalue weighted by Gasteiger charge is 2.17. The Kier molecular flexibility index (Phi) is 33.0. The van der Waals surface area contributed by atoms with Crippen LogP contribution < -0.4 is 34.0 Å². The van der Waals surface area contributed by atoms with Crippen LogP contribution in [-0.2, 0) is 19.1 Å². The third-order valence-corrected chi connectivity index (χ3v) is 7.92. The fourth-order valence-electron chi connectivity index (χ4n) is 4.91. The Morgan fingerprint density at radius 3 is 1.05 bits per heavy atom. The second-order valence-electron chi connectivity index (χ2n) is 13.0. The topological polar surface area (TPSA) is 52.6 Å². The Hall–Kier alpha value is -0.180. The smallest absolute Gasteiger partial charge is 0.306 e. The van der Waals surface area contributed by atoms with Gasteiger partial charge in [0.25, 0.3) is 0 Å². The summed E-state index contributed by atoms with van der Waals surface area (Å²) in [4.78, 5) is 24.2. The molecular formula is C33H68Br2N2O4. The zero-order valence-electron chi connectivity index (χ0n) is 28.0. The molecule has 0 heterocycles. The summed E-state index contributed by atoms with van der Waals surface area (Å²) in [5.74, 6) is -0.420. The summed E-state index contributed by atoms with van der Waals surface area (Å²) in [5.41, 5.74) is 0. The van der Waals surface area contributed by atoms with Gasteiger partial charge in [-0.2, -0.15) is 0 Å². The monoisotopic (exact) mass is 714 g/mol. The van der Waals surface area contributed by atoms with Gasteiger partial charge < -0.3 is 52.4 Å². The van der Waals surface area contributed by atoms with Crippen LogP contribution in [0.4, 0.5) is 0 Å². The maximum atomic E-state index is 12.1. The normalized spacial score (nSPS) is 11.5. The van der Waals surface area contributed by atoms with E-state index in [1.54, 1.807) is 0 Å². The quantitative estimate of drug-likeness (QED) is 0.0704. The van der Waals surface area contributed by atoms with Crippen LogP contribution in [0, 0.1) is 0 Å². The molecule has 0 saturated heterocycles. The first-order valence-corrected chi connectivity index (χ1v) is 16.6. The van der Waals surface area contributed by atoms with E-state index < -0.39 is 0 Å². The van der Waals surface area contributed by atoms with Gasteiger partial charge in [-0.1, -0.05) is 90.9 Å². The van der Waals surface area contributed by atoms with Gasteiger partial charge in [0.1, 0.15) is 26.3 Å². The Balaban J connectivity index is -0.00000722. The number of hydrogen-bond donors (Lipinski definition) is 0. The number of rotatable bonds is 28. The number of halogens is 2. The lowest BCUT2D eigenvalue weighted by atomic mass is 10.1. The van der Waals surface area contributed by atoms with E-state index in [2.05, 4.69) is 42.0 Å². The number of nitrogens with zero attached hydrogens (tertiary/aromatic N) is 2. The number of hydrogen-bond acceptors (Lipinski definition) is 4. The highest BCUT2D eigenvalue weighted by Crippen LogP contribution is 2.12. The molecule has 0 atom stereocenters. The maximum absolute atomic E-state index is 12.1. The van der Waals surface area contributed by atoms with Gasteiger partial charge in [0.15, 0.2) is 0 Å². The van der Waals surface area contributed by atoms with Crippen LogP contribution >= 0.6 is 0 Å². The molecule has 0 unspecified atom stereocenters. The summed E-state index contributed by atoms with van der Waals surface area (Å²) < 4.78 is 12.6. The SMILES string of the molecule is CCCCCCCCCC[N+](C)(C)CCOC(=O)CCCC(=O)OCC[N+](C)(C)CCCCCCCCCC.[Br-].[Br-]. The maximum Gasteiger partial charge on any atom is 0.306 e. The van der Waals surface area contributed by atoms with Crippen molar-refractivity contribution in [2.75, 3.05) is 67.6 Å². The van der Waals surface area contributed by atoms with Crippen molar-refractivity contribution in [2.45, 2.75) is 136 Å². The predicted molar refractivity (Wildman–Crippen MR) is 165 cm³/mol. The molecule has 0 aromatic carbocycles. The van der Waals surface area contributed by atoms with Crippen molar-refractivity contribution < 1.29 is 62.0 Å².